The molecule has 7 N–H and O–H groups in total. The Morgan fingerprint density at radius 3 is 1.98 bits per heavy atom. The fraction of sp³-hybridized carbons (Fsp3) is 0.333. The summed E-state index contributed by atoms with van der Waals surface area (Å²) < 4.78 is 1.50. The number of nitrogens with one attached hydrogen (secondary N) is 4. The second kappa shape index (κ2) is 17.1. The lowest BCUT2D eigenvalue weighted by molar-refractivity contribution is -0.709. The van der Waals surface area contributed by atoms with Crippen molar-refractivity contribution in [1.29, 1.82) is 0 Å². The molecule has 0 saturated carbocycles. The standard InChI is InChI=1S/C33H39N5O8/c1-21(2)15-27(33(45)46)37-31(43)26(16-22-7-4-3-5-8-22)36-30(42)19-34-29(41)18-35-32(44)28(38-14-6-9-25(40)20-38)17-23-10-12-24(39)13-11-23/h3-14,20-21,26-28H,15-19H2,1-2H3,(H6-,34,35,36,37,39,40,41,42,43,44,45,46)/p+1/t26-,27-,28-/m0/s1. The molecule has 0 saturated heterocycles. The van der Waals surface area contributed by atoms with E-state index < -0.39 is 60.8 Å². The SMILES string of the molecule is CC(C)C[C@H](NC(=O)[C@H](Cc1ccccc1)NC(=O)CNC(=O)CNC(=O)[C@H](Cc1ccc(O)cc1)[n+]1cccc(O)c1)C(=O)O. The molecule has 1 aromatic heterocycles. The zero-order chi connectivity index (χ0) is 33.6. The molecule has 0 fully saturated rings. The maximum atomic E-state index is 13.2. The van der Waals surface area contributed by atoms with Gasteiger partial charge in [0.1, 0.15) is 17.8 Å². The van der Waals surface area contributed by atoms with E-state index in [-0.39, 0.29) is 36.7 Å². The van der Waals surface area contributed by atoms with Gasteiger partial charge in [-0.1, -0.05) is 56.3 Å². The summed E-state index contributed by atoms with van der Waals surface area (Å²) >= 11 is 0. The van der Waals surface area contributed by atoms with Crippen molar-refractivity contribution in [3.05, 3.63) is 90.3 Å². The average Bonchev–Trinajstić information content (AvgIpc) is 3.02. The molecular formula is C33H40N5O8+. The Morgan fingerprint density at radius 1 is 0.696 bits per heavy atom. The molecule has 3 aromatic rings. The summed E-state index contributed by atoms with van der Waals surface area (Å²) in [5, 5.41) is 39.1. The topological polar surface area (TPSA) is 198 Å². The number of aliphatic carboxylic acids is 1. The highest BCUT2D eigenvalue weighted by Crippen LogP contribution is 2.15. The third-order valence-electron chi connectivity index (χ3n) is 6.96. The summed E-state index contributed by atoms with van der Waals surface area (Å²) in [7, 11) is 0. The molecular weight excluding hydrogens is 594 g/mol. The molecule has 13 heteroatoms. The van der Waals surface area contributed by atoms with Gasteiger partial charge in [-0.15, -0.1) is 0 Å². The summed E-state index contributed by atoms with van der Waals surface area (Å²) in [6, 6.07) is 15.1. The van der Waals surface area contributed by atoms with Gasteiger partial charge in [0.2, 0.25) is 30.0 Å². The number of hydrogen-bond acceptors (Lipinski definition) is 7. The third-order valence-corrected chi connectivity index (χ3v) is 6.96. The molecule has 2 aromatic carbocycles. The minimum absolute atomic E-state index is 0.000735. The fourth-order valence-electron chi connectivity index (χ4n) is 4.66. The molecule has 4 amide bonds. The van der Waals surface area contributed by atoms with Gasteiger partial charge < -0.3 is 36.6 Å². The number of carbonyl (C=O) groups excluding carboxylic acids is 4. The molecule has 0 radical (unpaired) electrons. The molecule has 0 spiro atoms. The van der Waals surface area contributed by atoms with Crippen LogP contribution in [-0.2, 0) is 36.8 Å². The Bertz CT molecular complexity index is 1500. The van der Waals surface area contributed by atoms with Crippen molar-refractivity contribution < 1.29 is 43.9 Å². The predicted molar refractivity (Wildman–Crippen MR) is 166 cm³/mol. The summed E-state index contributed by atoms with van der Waals surface area (Å²) in [4.78, 5) is 63.3. The smallest absolute Gasteiger partial charge is 0.326 e. The third kappa shape index (κ3) is 11.6. The maximum absolute atomic E-state index is 13.2. The van der Waals surface area contributed by atoms with Crippen LogP contribution in [0.2, 0.25) is 0 Å². The Labute approximate surface area is 266 Å². The summed E-state index contributed by atoms with van der Waals surface area (Å²) in [6.07, 6.45) is 3.45. The Morgan fingerprint density at radius 2 is 1.35 bits per heavy atom. The molecule has 0 unspecified atom stereocenters. The highest BCUT2D eigenvalue weighted by atomic mass is 16.4. The summed E-state index contributed by atoms with van der Waals surface area (Å²) in [5.74, 6) is -3.74. The predicted octanol–water partition coefficient (Wildman–Crippen LogP) is 0.745. The van der Waals surface area contributed by atoms with Crippen molar-refractivity contribution in [1.82, 2.24) is 21.3 Å². The van der Waals surface area contributed by atoms with Crippen LogP contribution in [0.5, 0.6) is 11.5 Å². The molecule has 13 nitrogen and oxygen atoms in total. The number of benzene rings is 2. The lowest BCUT2D eigenvalue weighted by Crippen LogP contribution is -2.54. The number of pyridine rings is 1. The second-order valence-electron chi connectivity index (χ2n) is 11.2. The van der Waals surface area contributed by atoms with Crippen molar-refractivity contribution >= 4 is 29.6 Å². The lowest BCUT2D eigenvalue weighted by atomic mass is 10.0. The number of nitrogens with zero attached hydrogens (tertiary/aromatic N) is 1. The molecule has 0 aliphatic heterocycles. The number of carboxylic acid groups (broad SMARTS) is 1. The van der Waals surface area contributed by atoms with Crippen molar-refractivity contribution in [2.24, 2.45) is 5.92 Å². The maximum Gasteiger partial charge on any atom is 0.326 e. The van der Waals surface area contributed by atoms with Crippen LogP contribution in [0, 0.1) is 5.92 Å². The van der Waals surface area contributed by atoms with Gasteiger partial charge in [-0.25, -0.2) is 4.79 Å². The van der Waals surface area contributed by atoms with Crippen LogP contribution in [0.4, 0.5) is 0 Å². The minimum atomic E-state index is -1.19. The van der Waals surface area contributed by atoms with E-state index in [1.54, 1.807) is 54.7 Å². The van der Waals surface area contributed by atoms with Crippen molar-refractivity contribution in [3.8, 4) is 11.5 Å². The van der Waals surface area contributed by atoms with Gasteiger partial charge in [-0.2, -0.15) is 4.57 Å². The Kier molecular flexibility index (Phi) is 13.0. The Balaban J connectivity index is 1.59. The van der Waals surface area contributed by atoms with E-state index in [1.807, 2.05) is 13.8 Å². The highest BCUT2D eigenvalue weighted by molar-refractivity contribution is 5.93. The number of phenolic OH excluding ortho intramolecular Hbond substituents is 1. The molecule has 1 heterocycles. The van der Waals surface area contributed by atoms with E-state index in [4.69, 9.17) is 0 Å². The monoisotopic (exact) mass is 634 g/mol. The molecule has 0 bridgehead atoms. The number of phenols is 1. The van der Waals surface area contributed by atoms with Crippen molar-refractivity contribution in [3.63, 3.8) is 0 Å². The van der Waals surface area contributed by atoms with Gasteiger partial charge in [0.25, 0.3) is 5.91 Å². The van der Waals surface area contributed by atoms with Crippen LogP contribution in [0.1, 0.15) is 37.4 Å². The van der Waals surface area contributed by atoms with Crippen LogP contribution in [0.25, 0.3) is 0 Å². The van der Waals surface area contributed by atoms with Crippen LogP contribution >= 0.6 is 0 Å². The van der Waals surface area contributed by atoms with Gasteiger partial charge in [0.05, 0.1) is 13.1 Å². The lowest BCUT2D eigenvalue weighted by Gasteiger charge is -2.22. The van der Waals surface area contributed by atoms with E-state index in [2.05, 4.69) is 21.3 Å². The summed E-state index contributed by atoms with van der Waals surface area (Å²) in [5.41, 5.74) is 1.46. The number of aromatic hydroxyl groups is 2. The largest absolute Gasteiger partial charge is 0.508 e. The second-order valence-corrected chi connectivity index (χ2v) is 11.2. The average molecular weight is 635 g/mol. The normalized spacial score (nSPS) is 12.8. The van der Waals surface area contributed by atoms with Gasteiger partial charge in [0.15, 0.2) is 11.9 Å². The van der Waals surface area contributed by atoms with E-state index in [9.17, 15) is 39.3 Å². The number of carboxylic acids is 1. The highest BCUT2D eigenvalue weighted by Gasteiger charge is 2.30. The van der Waals surface area contributed by atoms with Crippen LogP contribution in [0.15, 0.2) is 79.1 Å². The molecule has 3 rings (SSSR count). The molecule has 0 aliphatic carbocycles. The first kappa shape index (κ1) is 35.0. The fourth-order valence-corrected chi connectivity index (χ4v) is 4.66. The van der Waals surface area contributed by atoms with Crippen molar-refractivity contribution in [2.45, 2.75) is 51.2 Å². The van der Waals surface area contributed by atoms with E-state index in [0.717, 1.165) is 11.1 Å². The molecule has 0 aliphatic rings. The van der Waals surface area contributed by atoms with Gasteiger partial charge >= 0.3 is 5.97 Å². The van der Waals surface area contributed by atoms with Gasteiger partial charge in [0, 0.05) is 18.9 Å². The van der Waals surface area contributed by atoms with Crippen LogP contribution < -0.4 is 25.8 Å². The number of aromatic nitrogens is 1. The van der Waals surface area contributed by atoms with Gasteiger partial charge in [-0.3, -0.25) is 19.2 Å². The quantitative estimate of drug-likeness (QED) is 0.112. The van der Waals surface area contributed by atoms with Crippen LogP contribution in [0.3, 0.4) is 0 Å². The Hall–Kier alpha value is -5.46. The number of carbonyl (C=O) groups is 5. The molecule has 244 valence electrons. The van der Waals surface area contributed by atoms with E-state index >= 15 is 0 Å². The zero-order valence-electron chi connectivity index (χ0n) is 25.7. The zero-order valence-corrected chi connectivity index (χ0v) is 25.7. The van der Waals surface area contributed by atoms with Gasteiger partial charge in [-0.05, 0) is 41.7 Å². The van der Waals surface area contributed by atoms with E-state index in [0.29, 0.717) is 0 Å². The van der Waals surface area contributed by atoms with Crippen molar-refractivity contribution in [2.75, 3.05) is 13.1 Å². The van der Waals surface area contributed by atoms with E-state index in [1.165, 1.54) is 29.0 Å². The summed E-state index contributed by atoms with van der Waals surface area (Å²) in [6.45, 7) is 2.70. The number of hydrogen-bond donors (Lipinski definition) is 7. The first-order chi connectivity index (χ1) is 21.9. The number of rotatable bonds is 16. The van der Waals surface area contributed by atoms with Crippen LogP contribution in [-0.4, -0.2) is 70.1 Å². The molecule has 46 heavy (non-hydrogen) atoms. The number of amides is 4. The minimum Gasteiger partial charge on any atom is -0.508 e. The first-order valence-electron chi connectivity index (χ1n) is 14.8. The first-order valence-corrected chi connectivity index (χ1v) is 14.8. The molecule has 3 atom stereocenters.